The van der Waals surface area contributed by atoms with Crippen LogP contribution in [0.25, 0.3) is 0 Å². The molecule has 1 aromatic carbocycles. The van der Waals surface area contributed by atoms with Crippen LogP contribution < -0.4 is 4.74 Å². The fourth-order valence-corrected chi connectivity index (χ4v) is 3.45. The molecule has 0 aromatic heterocycles. The van der Waals surface area contributed by atoms with Gasteiger partial charge in [-0.15, -0.1) is 0 Å². The molecule has 0 spiro atoms. The van der Waals surface area contributed by atoms with Crippen LogP contribution in [0.4, 0.5) is 0 Å². The summed E-state index contributed by atoms with van der Waals surface area (Å²) in [6.07, 6.45) is 7.37. The van der Waals surface area contributed by atoms with Crippen LogP contribution in [0.2, 0.25) is 0 Å². The van der Waals surface area contributed by atoms with E-state index in [1.807, 2.05) is 9.80 Å². The number of amides is 2. The Morgan fingerprint density at radius 1 is 1.00 bits per heavy atom. The number of carbonyl (C=O) groups is 2. The van der Waals surface area contributed by atoms with Crippen LogP contribution in [-0.4, -0.2) is 54.9 Å². The van der Waals surface area contributed by atoms with Gasteiger partial charge in [-0.05, 0) is 49.9 Å². The van der Waals surface area contributed by atoms with E-state index in [1.54, 1.807) is 31.4 Å². The predicted octanol–water partition coefficient (Wildman–Crippen LogP) is 2.87. The van der Waals surface area contributed by atoms with E-state index in [2.05, 4.69) is 6.08 Å². The minimum absolute atomic E-state index is 0.0183. The molecular weight excluding hydrogens is 316 g/mol. The van der Waals surface area contributed by atoms with Gasteiger partial charge in [-0.25, -0.2) is 0 Å². The summed E-state index contributed by atoms with van der Waals surface area (Å²) in [7, 11) is 1.61. The Morgan fingerprint density at radius 2 is 1.68 bits per heavy atom. The molecule has 1 saturated heterocycles. The maximum Gasteiger partial charge on any atom is 0.253 e. The van der Waals surface area contributed by atoms with Crippen LogP contribution in [0.1, 0.15) is 42.5 Å². The highest BCUT2D eigenvalue weighted by molar-refractivity contribution is 5.94. The molecule has 5 heteroatoms. The number of benzene rings is 1. The molecule has 0 atom stereocenters. The molecule has 0 radical (unpaired) electrons. The first-order valence-electron chi connectivity index (χ1n) is 9.06. The Hall–Kier alpha value is -2.30. The number of piperazine rings is 1. The van der Waals surface area contributed by atoms with Gasteiger partial charge < -0.3 is 14.5 Å². The van der Waals surface area contributed by atoms with E-state index in [1.165, 1.54) is 18.4 Å². The third kappa shape index (κ3) is 4.41. The molecule has 0 unspecified atom stereocenters. The van der Waals surface area contributed by atoms with E-state index in [4.69, 9.17) is 4.74 Å². The second kappa shape index (κ2) is 8.19. The summed E-state index contributed by atoms with van der Waals surface area (Å²) < 4.78 is 5.12. The molecule has 1 aliphatic carbocycles. The first-order valence-corrected chi connectivity index (χ1v) is 9.06. The number of ether oxygens (including phenoxy) is 1. The number of nitrogens with zero attached hydrogens (tertiary/aromatic N) is 2. The van der Waals surface area contributed by atoms with Gasteiger partial charge in [0.2, 0.25) is 5.91 Å². The fourth-order valence-electron chi connectivity index (χ4n) is 3.45. The van der Waals surface area contributed by atoms with Gasteiger partial charge in [0.15, 0.2) is 0 Å². The van der Waals surface area contributed by atoms with Gasteiger partial charge in [-0.3, -0.25) is 9.59 Å². The molecule has 0 saturated carbocycles. The molecule has 25 heavy (non-hydrogen) atoms. The number of carbonyl (C=O) groups excluding carboxylic acids is 2. The molecule has 1 fully saturated rings. The first kappa shape index (κ1) is 17.5. The Balaban J connectivity index is 1.51. The molecule has 2 amide bonds. The molecular formula is C20H26N2O3. The highest BCUT2D eigenvalue weighted by Gasteiger charge is 2.25. The average molecular weight is 342 g/mol. The second-order valence-electron chi connectivity index (χ2n) is 6.69. The van der Waals surface area contributed by atoms with Crippen LogP contribution >= 0.6 is 0 Å². The van der Waals surface area contributed by atoms with Gasteiger partial charge in [0.1, 0.15) is 5.75 Å². The van der Waals surface area contributed by atoms with E-state index < -0.39 is 0 Å². The Labute approximate surface area is 149 Å². The average Bonchev–Trinajstić information content (AvgIpc) is 2.68. The van der Waals surface area contributed by atoms with Crippen molar-refractivity contribution < 1.29 is 14.3 Å². The van der Waals surface area contributed by atoms with Crippen molar-refractivity contribution in [1.82, 2.24) is 9.80 Å². The minimum Gasteiger partial charge on any atom is -0.497 e. The van der Waals surface area contributed by atoms with Crippen LogP contribution in [-0.2, 0) is 4.79 Å². The molecule has 134 valence electrons. The van der Waals surface area contributed by atoms with Crippen LogP contribution in [0.3, 0.4) is 0 Å². The third-order valence-corrected chi connectivity index (χ3v) is 5.02. The SMILES string of the molecule is COc1ccc(C(=O)N2CCN(C(=O)CC3=CCCCC3)CC2)cc1. The topological polar surface area (TPSA) is 49.9 Å². The van der Waals surface area contributed by atoms with Gasteiger partial charge in [-0.1, -0.05) is 11.6 Å². The van der Waals surface area contributed by atoms with Crippen LogP contribution in [0.15, 0.2) is 35.9 Å². The van der Waals surface area contributed by atoms with Gasteiger partial charge in [0, 0.05) is 38.2 Å². The third-order valence-electron chi connectivity index (χ3n) is 5.02. The summed E-state index contributed by atoms with van der Waals surface area (Å²) >= 11 is 0. The number of hydrogen-bond donors (Lipinski definition) is 0. The quantitative estimate of drug-likeness (QED) is 0.791. The molecule has 1 heterocycles. The minimum atomic E-state index is 0.0183. The molecule has 1 aromatic rings. The van der Waals surface area contributed by atoms with Crippen molar-refractivity contribution in [1.29, 1.82) is 0 Å². The van der Waals surface area contributed by atoms with Crippen molar-refractivity contribution in [3.8, 4) is 5.75 Å². The normalized spacial score (nSPS) is 17.9. The lowest BCUT2D eigenvalue weighted by atomic mass is 9.97. The zero-order chi connectivity index (χ0) is 17.6. The van der Waals surface area contributed by atoms with Crippen molar-refractivity contribution >= 4 is 11.8 Å². The zero-order valence-corrected chi connectivity index (χ0v) is 14.9. The molecule has 2 aliphatic rings. The van der Waals surface area contributed by atoms with E-state index in [0.717, 1.165) is 18.6 Å². The van der Waals surface area contributed by atoms with Crippen molar-refractivity contribution in [2.24, 2.45) is 0 Å². The Morgan fingerprint density at radius 3 is 2.28 bits per heavy atom. The van der Waals surface area contributed by atoms with E-state index in [9.17, 15) is 9.59 Å². The summed E-state index contributed by atoms with van der Waals surface area (Å²) in [5, 5.41) is 0. The van der Waals surface area contributed by atoms with Crippen LogP contribution in [0, 0.1) is 0 Å². The largest absolute Gasteiger partial charge is 0.497 e. The molecule has 0 bridgehead atoms. The standard InChI is InChI=1S/C20H26N2O3/c1-25-18-9-7-17(8-10-18)20(24)22-13-11-21(12-14-22)19(23)15-16-5-3-2-4-6-16/h5,7-10H,2-4,6,11-15H2,1H3. The zero-order valence-electron chi connectivity index (χ0n) is 14.9. The van der Waals surface area contributed by atoms with E-state index >= 15 is 0 Å². The lowest BCUT2D eigenvalue weighted by molar-refractivity contribution is -0.131. The van der Waals surface area contributed by atoms with Gasteiger partial charge in [-0.2, -0.15) is 0 Å². The summed E-state index contributed by atoms with van der Waals surface area (Å²) in [6, 6.07) is 7.16. The second-order valence-corrected chi connectivity index (χ2v) is 6.69. The lowest BCUT2D eigenvalue weighted by Gasteiger charge is -2.35. The van der Waals surface area contributed by atoms with Crippen molar-refractivity contribution in [2.45, 2.75) is 32.1 Å². The highest BCUT2D eigenvalue weighted by atomic mass is 16.5. The lowest BCUT2D eigenvalue weighted by Crippen LogP contribution is -2.50. The first-order chi connectivity index (χ1) is 12.2. The summed E-state index contributed by atoms with van der Waals surface area (Å²) in [5.74, 6) is 0.957. The van der Waals surface area contributed by atoms with Gasteiger partial charge in [0.05, 0.1) is 7.11 Å². The number of rotatable bonds is 4. The molecule has 5 nitrogen and oxygen atoms in total. The number of hydrogen-bond acceptors (Lipinski definition) is 3. The maximum atomic E-state index is 12.6. The van der Waals surface area contributed by atoms with Gasteiger partial charge >= 0.3 is 0 Å². The maximum absolute atomic E-state index is 12.6. The molecule has 0 N–H and O–H groups in total. The van der Waals surface area contributed by atoms with Crippen LogP contribution in [0.5, 0.6) is 5.75 Å². The highest BCUT2D eigenvalue weighted by Crippen LogP contribution is 2.21. The summed E-state index contributed by atoms with van der Waals surface area (Å²) in [5.41, 5.74) is 1.95. The van der Waals surface area contributed by atoms with Crippen molar-refractivity contribution in [3.63, 3.8) is 0 Å². The summed E-state index contributed by atoms with van der Waals surface area (Å²) in [6.45, 7) is 2.42. The van der Waals surface area contributed by atoms with Crippen molar-refractivity contribution in [3.05, 3.63) is 41.5 Å². The smallest absolute Gasteiger partial charge is 0.253 e. The summed E-state index contributed by atoms with van der Waals surface area (Å²) in [4.78, 5) is 28.7. The molecule has 1 aliphatic heterocycles. The van der Waals surface area contributed by atoms with E-state index in [-0.39, 0.29) is 11.8 Å². The van der Waals surface area contributed by atoms with E-state index in [0.29, 0.717) is 38.2 Å². The number of methoxy groups -OCH3 is 1. The monoisotopic (exact) mass is 342 g/mol. The number of allylic oxidation sites excluding steroid dienone is 1. The Kier molecular flexibility index (Phi) is 5.74. The fraction of sp³-hybridized carbons (Fsp3) is 0.500. The van der Waals surface area contributed by atoms with Crippen molar-refractivity contribution in [2.75, 3.05) is 33.3 Å². The Bertz CT molecular complexity index is 643. The predicted molar refractivity (Wildman–Crippen MR) is 96.6 cm³/mol. The van der Waals surface area contributed by atoms with Gasteiger partial charge in [0.25, 0.3) is 5.91 Å². The molecule has 3 rings (SSSR count).